The Balaban J connectivity index is -0.00000101. The summed E-state index contributed by atoms with van der Waals surface area (Å²) < 4.78 is 15.0. The van der Waals surface area contributed by atoms with Crippen LogP contribution in [0.15, 0.2) is 48.5 Å². The van der Waals surface area contributed by atoms with E-state index in [4.69, 9.17) is 15.0 Å². The average molecular weight is 719 g/mol. The van der Waals surface area contributed by atoms with Gasteiger partial charge in [-0.15, -0.1) is 0 Å². The first-order valence-corrected chi connectivity index (χ1v) is 15.8. The topological polar surface area (TPSA) is 65.8 Å². The second kappa shape index (κ2) is 24.5. The van der Waals surface area contributed by atoms with Crippen molar-refractivity contribution in [1.29, 1.82) is 0 Å². The van der Waals surface area contributed by atoms with Gasteiger partial charge in [0.2, 0.25) is 0 Å². The molecule has 2 radical (unpaired) electrons. The summed E-state index contributed by atoms with van der Waals surface area (Å²) in [6, 6.07) is 18.2. The summed E-state index contributed by atoms with van der Waals surface area (Å²) in [5.41, 5.74) is 10.8. The van der Waals surface area contributed by atoms with Crippen molar-refractivity contribution < 1.29 is 29.4 Å². The van der Waals surface area contributed by atoms with E-state index in [2.05, 4.69) is 131 Å². The van der Waals surface area contributed by atoms with E-state index in [1.807, 2.05) is 0 Å². The van der Waals surface area contributed by atoms with Gasteiger partial charge in [0.1, 0.15) is 0 Å². The minimum Gasteiger partial charge on any atom is 0 e. The van der Waals surface area contributed by atoms with E-state index in [9.17, 15) is 0 Å². The molecule has 0 atom stereocenters. The second-order valence-electron chi connectivity index (χ2n) is 9.59. The number of unbranched alkanes of at least 4 members (excludes halogenated alkanes) is 1. The summed E-state index contributed by atoms with van der Waals surface area (Å²) in [5.74, 6) is 0. The Hall–Kier alpha value is -0.546. The van der Waals surface area contributed by atoms with E-state index >= 15 is 0 Å². The summed E-state index contributed by atoms with van der Waals surface area (Å²) in [7, 11) is 2.13. The largest absolute Gasteiger partial charge is 0 e. The SMILES string of the molecule is CC(C)P(c1ccccc1[B]c1ccccc1P(C(C)C)C(C)C)C(C)C.CCCCN.[C-]#[O+].[C-]#[O+].[Ir]. The molecule has 0 aliphatic carbocycles. The van der Waals surface area contributed by atoms with Crippen molar-refractivity contribution in [3.05, 3.63) is 61.8 Å². The molecule has 0 saturated heterocycles. The molecule has 2 aromatic rings. The van der Waals surface area contributed by atoms with Crippen LogP contribution in [0, 0.1) is 13.3 Å². The maximum atomic E-state index is 7.50. The van der Waals surface area contributed by atoms with Gasteiger partial charge in [-0.25, -0.2) is 0 Å². The van der Waals surface area contributed by atoms with Gasteiger partial charge in [0.05, 0.1) is 0 Å². The van der Waals surface area contributed by atoms with Gasteiger partial charge in [-0.2, -0.15) is 0 Å². The van der Waals surface area contributed by atoms with Gasteiger partial charge in [-0.1, -0.05) is 144 Å². The molecule has 0 saturated carbocycles. The molecule has 0 fully saturated rings. The number of benzene rings is 2. The Morgan fingerprint density at radius 2 is 0.973 bits per heavy atom. The standard InChI is InChI=1S/C24H36BP2.C4H11N.2CO.Ir/c1-17(2)26(18(3)4)23-15-11-9-13-21(23)25-22-14-10-12-16-24(22)27(19(5)6)20(7)8;1-2-3-4-5;2*1-2;/h9-20H,1-8H3;2-5H2,1H3;;;. The number of nitrogens with two attached hydrogens (primary N) is 1. The predicted molar refractivity (Wildman–Crippen MR) is 163 cm³/mol. The van der Waals surface area contributed by atoms with E-state index < -0.39 is 0 Å². The molecule has 0 aromatic heterocycles. The first-order valence-electron chi connectivity index (χ1n) is 12.9. The molecular weight excluding hydrogens is 671 g/mol. The van der Waals surface area contributed by atoms with Crippen LogP contribution in [-0.2, 0) is 29.4 Å². The molecule has 0 aliphatic rings. The number of rotatable bonds is 10. The molecular formula is C30H47BIrNO2P2. The van der Waals surface area contributed by atoms with Crippen molar-refractivity contribution in [2.45, 2.75) is 97.8 Å². The molecule has 0 unspecified atom stereocenters. The van der Waals surface area contributed by atoms with Crippen molar-refractivity contribution >= 4 is 44.7 Å². The van der Waals surface area contributed by atoms with E-state index in [1.165, 1.54) is 23.8 Å². The zero-order valence-corrected chi connectivity index (χ0v) is 28.4. The van der Waals surface area contributed by atoms with Crippen LogP contribution < -0.4 is 27.3 Å². The van der Waals surface area contributed by atoms with Crippen LogP contribution in [0.4, 0.5) is 0 Å². The summed E-state index contributed by atoms with van der Waals surface area (Å²) in [5, 5.41) is 3.12. The molecule has 3 nitrogen and oxygen atoms in total. The predicted octanol–water partition coefficient (Wildman–Crippen LogP) is 5.86. The fourth-order valence-electron chi connectivity index (χ4n) is 4.37. The van der Waals surface area contributed by atoms with Gasteiger partial charge >= 0.3 is 22.6 Å². The minimum absolute atomic E-state index is 0. The van der Waals surface area contributed by atoms with Gasteiger partial charge in [0.25, 0.3) is 0 Å². The third-order valence-electron chi connectivity index (χ3n) is 5.52. The van der Waals surface area contributed by atoms with Crippen LogP contribution in [0.1, 0.15) is 75.2 Å². The smallest absolute Gasteiger partial charge is 0 e. The monoisotopic (exact) mass is 719 g/mol. The summed E-state index contributed by atoms with van der Waals surface area (Å²) in [4.78, 5) is 0. The molecule has 0 aliphatic heterocycles. The quantitative estimate of drug-likeness (QED) is 0.142. The zero-order chi connectivity index (χ0) is 28.3. The van der Waals surface area contributed by atoms with Crippen molar-refractivity contribution in [2.75, 3.05) is 6.54 Å². The maximum absolute atomic E-state index is 7.50. The van der Waals surface area contributed by atoms with Crippen LogP contribution in [0.2, 0.25) is 0 Å². The molecule has 2 N–H and O–H groups in total. The molecule has 0 spiro atoms. The molecule has 0 heterocycles. The van der Waals surface area contributed by atoms with Gasteiger partial charge in [-0.05, 0) is 46.2 Å². The number of hydrogen-bond acceptors (Lipinski definition) is 1. The van der Waals surface area contributed by atoms with Crippen molar-refractivity contribution in [2.24, 2.45) is 5.73 Å². The van der Waals surface area contributed by atoms with Gasteiger partial charge < -0.3 is 5.73 Å². The van der Waals surface area contributed by atoms with Crippen LogP contribution in [0.5, 0.6) is 0 Å². The van der Waals surface area contributed by atoms with Crippen molar-refractivity contribution in [3.8, 4) is 0 Å². The first kappa shape index (κ1) is 40.9. The van der Waals surface area contributed by atoms with Crippen LogP contribution in [-0.4, -0.2) is 36.5 Å². The van der Waals surface area contributed by atoms with Crippen molar-refractivity contribution in [1.82, 2.24) is 0 Å². The third kappa shape index (κ3) is 15.0. The average Bonchev–Trinajstić information content (AvgIpc) is 2.84. The first-order chi connectivity index (χ1) is 17.1. The Labute approximate surface area is 245 Å². The van der Waals surface area contributed by atoms with Gasteiger partial charge in [-0.3, -0.25) is 0 Å². The molecule has 7 heteroatoms. The van der Waals surface area contributed by atoms with Gasteiger partial charge in [0.15, 0.2) is 7.28 Å². The minimum atomic E-state index is -0.167. The fourth-order valence-corrected chi connectivity index (χ4v) is 10.4. The number of hydrogen-bond donors (Lipinski definition) is 1. The van der Waals surface area contributed by atoms with E-state index in [-0.39, 0.29) is 35.9 Å². The molecule has 2 aromatic carbocycles. The maximum Gasteiger partial charge on any atom is 0 e. The molecule has 2 rings (SSSR count). The van der Waals surface area contributed by atoms with Gasteiger partial charge in [0, 0.05) is 20.1 Å². The Bertz CT molecular complexity index is 787. The van der Waals surface area contributed by atoms with E-state index in [0.717, 1.165) is 6.54 Å². The molecule has 206 valence electrons. The van der Waals surface area contributed by atoms with E-state index in [0.29, 0.717) is 22.6 Å². The Kier molecular flexibility index (Phi) is 27.1. The fraction of sp³-hybridized carbons (Fsp3) is 0.533. The Morgan fingerprint density at radius 3 is 1.19 bits per heavy atom. The van der Waals surface area contributed by atoms with Crippen LogP contribution >= 0.6 is 15.8 Å². The van der Waals surface area contributed by atoms with E-state index in [1.54, 1.807) is 10.6 Å². The molecule has 0 bridgehead atoms. The molecule has 0 amide bonds. The summed E-state index contributed by atoms with van der Waals surface area (Å²) >= 11 is 0. The molecule has 37 heavy (non-hydrogen) atoms. The zero-order valence-electron chi connectivity index (χ0n) is 24.2. The van der Waals surface area contributed by atoms with Crippen LogP contribution in [0.3, 0.4) is 0 Å². The third-order valence-corrected chi connectivity index (χ3v) is 11.9. The van der Waals surface area contributed by atoms with Crippen molar-refractivity contribution in [3.63, 3.8) is 0 Å². The summed E-state index contributed by atoms with van der Waals surface area (Å²) in [6.45, 7) is 31.0. The summed E-state index contributed by atoms with van der Waals surface area (Å²) in [6.07, 6.45) is 2.39. The Morgan fingerprint density at radius 1 is 0.676 bits per heavy atom. The normalized spacial score (nSPS) is 10.2. The van der Waals surface area contributed by atoms with Crippen LogP contribution in [0.25, 0.3) is 0 Å². The second-order valence-corrected chi connectivity index (χ2v) is 16.3.